The van der Waals surface area contributed by atoms with E-state index in [4.69, 9.17) is 43.6 Å². The van der Waals surface area contributed by atoms with E-state index in [1.165, 1.54) is 0 Å². The molecule has 9 fully saturated rings. The number of carbonyl (C=O) groups is 1. The number of fused-ring (bicyclic) bond motifs is 2. The number of hydrogen-bond acceptors (Lipinski definition) is 12. The minimum atomic E-state index is -0.740. The number of ether oxygens (including phenoxy) is 8. The Morgan fingerprint density at radius 1 is 0.778 bits per heavy atom. The lowest BCUT2D eigenvalue weighted by molar-refractivity contribution is -0.246. The highest BCUT2D eigenvalue weighted by Gasteiger charge is 2.54. The molecule has 11 unspecified atom stereocenters. The Hall–Kier alpha value is -0.560. The van der Waals surface area contributed by atoms with Crippen LogP contribution in [0.25, 0.3) is 0 Å². The normalized spacial score (nSPS) is 48.4. The predicted molar refractivity (Wildman–Crippen MR) is 208 cm³/mol. The first-order chi connectivity index (χ1) is 26.0. The van der Waals surface area contributed by atoms with Crippen molar-refractivity contribution in [2.24, 2.45) is 17.6 Å². The minimum Gasteiger partial charge on any atom is -0.392 e. The van der Waals surface area contributed by atoms with Gasteiger partial charge < -0.3 is 53.8 Å². The Morgan fingerprint density at radius 3 is 2.20 bits per heavy atom. The van der Waals surface area contributed by atoms with Crippen molar-refractivity contribution in [2.45, 2.75) is 192 Å². The Labute approximate surface area is 334 Å². The Bertz CT molecular complexity index is 1320. The molecule has 10 bridgehead atoms. The number of rotatable bonds is 5. The summed E-state index contributed by atoms with van der Waals surface area (Å²) in [5, 5.41) is 21.8. The molecule has 0 spiro atoms. The van der Waals surface area contributed by atoms with E-state index >= 15 is 0 Å². The van der Waals surface area contributed by atoms with Crippen LogP contribution in [0, 0.1) is 11.8 Å². The molecular weight excluding hydrogens is 809 g/mol. The van der Waals surface area contributed by atoms with Gasteiger partial charge in [0.05, 0.1) is 77.2 Å². The van der Waals surface area contributed by atoms with Crippen molar-refractivity contribution >= 4 is 28.4 Å². The standard InChI is InChI=1S/C41H64INO11/c1-20-12-26-8-10-31-21(2)13-25(49-31)6-7-28-17-30(46)38(51-28)41-36(42)40(48-5)39-32(54-41)11-9-27(52-39)14-23(44)15-29-34(18-33(50-26)22(20)3)53-35(37(29)47-4)16-24(45)19-43/h20,24-41,45-46H,2-3,6-19,43H2,1,4-5H3/t20-,24?,25?,26+,27?,28-,29?,30-,31+,32+,33-,34?,35?,36?,37-,38?,39?,40?,41?/m1/s1. The molecule has 54 heavy (non-hydrogen) atoms. The van der Waals surface area contributed by atoms with Crippen LogP contribution >= 0.6 is 22.6 Å². The van der Waals surface area contributed by atoms with Gasteiger partial charge in [-0.2, -0.15) is 0 Å². The average molecular weight is 874 g/mol. The fraction of sp³-hybridized carbons (Fsp3) is 0.878. The summed E-state index contributed by atoms with van der Waals surface area (Å²) in [4.78, 5) is 14.0. The van der Waals surface area contributed by atoms with Gasteiger partial charge in [-0.3, -0.25) is 4.79 Å². The molecule has 0 aromatic carbocycles. The van der Waals surface area contributed by atoms with Gasteiger partial charge in [0, 0.05) is 58.8 Å². The quantitative estimate of drug-likeness (QED) is 0.207. The van der Waals surface area contributed by atoms with Crippen molar-refractivity contribution in [1.82, 2.24) is 0 Å². The van der Waals surface area contributed by atoms with Crippen molar-refractivity contribution in [3.05, 3.63) is 24.3 Å². The first-order valence-corrected chi connectivity index (χ1v) is 21.8. The molecule has 0 radical (unpaired) electrons. The number of Topliss-reactive ketones (excluding diaryl/α,β-unsaturated/α-hetero) is 1. The fourth-order valence-electron chi connectivity index (χ4n) is 10.5. The summed E-state index contributed by atoms with van der Waals surface area (Å²) in [5.41, 5.74) is 7.98. The molecule has 13 heteroatoms. The van der Waals surface area contributed by atoms with Gasteiger partial charge in [0.15, 0.2) is 0 Å². The first-order valence-electron chi connectivity index (χ1n) is 20.5. The zero-order valence-corrected chi connectivity index (χ0v) is 34.5. The van der Waals surface area contributed by atoms with Crippen LogP contribution in [-0.4, -0.2) is 138 Å². The third-order valence-corrected chi connectivity index (χ3v) is 14.9. The lowest BCUT2D eigenvalue weighted by Gasteiger charge is -2.49. The molecule has 0 aromatic rings. The molecule has 9 heterocycles. The molecule has 9 saturated heterocycles. The van der Waals surface area contributed by atoms with Gasteiger partial charge in [-0.15, -0.1) is 0 Å². The summed E-state index contributed by atoms with van der Waals surface area (Å²) in [6, 6.07) is 0. The number of halogens is 1. The van der Waals surface area contributed by atoms with E-state index in [1.807, 2.05) is 0 Å². The molecule has 9 aliphatic rings. The van der Waals surface area contributed by atoms with Gasteiger partial charge in [0.1, 0.15) is 30.2 Å². The summed E-state index contributed by atoms with van der Waals surface area (Å²) < 4.78 is 52.0. The number of alkyl halides is 1. The smallest absolute Gasteiger partial charge is 0.135 e. The predicted octanol–water partition coefficient (Wildman–Crippen LogP) is 4.12. The largest absolute Gasteiger partial charge is 0.392 e. The molecule has 0 amide bonds. The van der Waals surface area contributed by atoms with E-state index in [0.717, 1.165) is 49.7 Å². The highest BCUT2D eigenvalue weighted by molar-refractivity contribution is 14.1. The van der Waals surface area contributed by atoms with E-state index < -0.39 is 30.5 Å². The second-order valence-electron chi connectivity index (χ2n) is 17.2. The first kappa shape index (κ1) is 41.6. The van der Waals surface area contributed by atoms with Gasteiger partial charge in [-0.25, -0.2) is 0 Å². The highest BCUT2D eigenvalue weighted by Crippen LogP contribution is 2.44. The molecule has 306 valence electrons. The number of aliphatic hydroxyl groups excluding tert-OH is 2. The van der Waals surface area contributed by atoms with Gasteiger partial charge in [-0.05, 0) is 68.4 Å². The topological polar surface area (TPSA) is 157 Å². The molecule has 19 atom stereocenters. The summed E-state index contributed by atoms with van der Waals surface area (Å²) in [6.45, 7) is 11.2. The lowest BCUT2D eigenvalue weighted by Crippen LogP contribution is -2.63. The number of hydrogen-bond donors (Lipinski definition) is 3. The van der Waals surface area contributed by atoms with Crippen LogP contribution in [0.5, 0.6) is 0 Å². The maximum absolute atomic E-state index is 14.0. The van der Waals surface area contributed by atoms with Gasteiger partial charge in [0.25, 0.3) is 0 Å². The van der Waals surface area contributed by atoms with Gasteiger partial charge in [0.2, 0.25) is 0 Å². The molecule has 0 aromatic heterocycles. The molecule has 4 N–H and O–H groups in total. The molecule has 0 aliphatic carbocycles. The van der Waals surface area contributed by atoms with Crippen molar-refractivity contribution in [1.29, 1.82) is 0 Å². The van der Waals surface area contributed by atoms with Crippen molar-refractivity contribution in [3.63, 3.8) is 0 Å². The van der Waals surface area contributed by atoms with Crippen LogP contribution in [-0.2, 0) is 42.7 Å². The summed E-state index contributed by atoms with van der Waals surface area (Å²) in [6.07, 6.45) is 3.66. The van der Waals surface area contributed by atoms with Crippen LogP contribution in [0.15, 0.2) is 24.3 Å². The van der Waals surface area contributed by atoms with E-state index in [2.05, 4.69) is 42.7 Å². The van der Waals surface area contributed by atoms with Crippen molar-refractivity contribution in [3.8, 4) is 0 Å². The Morgan fingerprint density at radius 2 is 1.44 bits per heavy atom. The summed E-state index contributed by atoms with van der Waals surface area (Å²) in [7, 11) is 3.34. The maximum Gasteiger partial charge on any atom is 0.135 e. The summed E-state index contributed by atoms with van der Waals surface area (Å²) in [5.74, 6) is 0.104. The van der Waals surface area contributed by atoms with E-state index in [1.54, 1.807) is 14.2 Å². The zero-order valence-electron chi connectivity index (χ0n) is 32.3. The van der Waals surface area contributed by atoms with E-state index in [0.29, 0.717) is 32.1 Å². The van der Waals surface area contributed by atoms with Crippen molar-refractivity contribution < 1.29 is 52.9 Å². The third-order valence-electron chi connectivity index (χ3n) is 13.5. The van der Waals surface area contributed by atoms with Gasteiger partial charge >= 0.3 is 0 Å². The van der Waals surface area contributed by atoms with E-state index in [-0.39, 0.29) is 108 Å². The molecule has 12 nitrogen and oxygen atoms in total. The number of nitrogens with two attached hydrogens (primary N) is 1. The van der Waals surface area contributed by atoms with Crippen molar-refractivity contribution in [2.75, 3.05) is 20.8 Å². The molecule has 9 rings (SSSR count). The Kier molecular flexibility index (Phi) is 14.0. The monoisotopic (exact) mass is 873 g/mol. The second kappa shape index (κ2) is 18.1. The molecule has 9 aliphatic heterocycles. The van der Waals surface area contributed by atoms with Crippen LogP contribution < -0.4 is 5.73 Å². The summed E-state index contributed by atoms with van der Waals surface area (Å²) >= 11 is 2.37. The highest BCUT2D eigenvalue weighted by atomic mass is 127. The third kappa shape index (κ3) is 9.02. The number of methoxy groups -OCH3 is 2. The molecule has 0 saturated carbocycles. The van der Waals surface area contributed by atoms with Crippen LogP contribution in [0.1, 0.15) is 90.4 Å². The number of aliphatic hydroxyl groups is 2. The second-order valence-corrected chi connectivity index (χ2v) is 18.7. The van der Waals surface area contributed by atoms with Crippen LogP contribution in [0.2, 0.25) is 0 Å². The van der Waals surface area contributed by atoms with Gasteiger partial charge in [-0.1, -0.05) is 42.7 Å². The lowest BCUT2D eigenvalue weighted by atomic mass is 9.81. The zero-order chi connectivity index (χ0) is 38.3. The fourth-order valence-corrected chi connectivity index (χ4v) is 11.8. The number of carbonyl (C=O) groups excluding carboxylic acids is 1. The minimum absolute atomic E-state index is 0.0210. The Balaban J connectivity index is 1.13. The number of ketones is 1. The van der Waals surface area contributed by atoms with Crippen LogP contribution in [0.4, 0.5) is 0 Å². The van der Waals surface area contributed by atoms with E-state index in [9.17, 15) is 15.0 Å². The molecular formula is C41H64INO11. The van der Waals surface area contributed by atoms with Crippen LogP contribution in [0.3, 0.4) is 0 Å². The average Bonchev–Trinajstić information content (AvgIpc) is 3.80. The SMILES string of the molecule is C=C1CC2CC[C@@H]3C[C@@H](O)C(O3)C3O[C@H]4CCC(CC(=O)CC5C(C[C@H]6O[C@@H](CC[C@@H]1O2)C[C@@H](C)C6=C)OC(CC(O)CN)[C@@H]5OC)OC4C(OC)C3I. The maximum atomic E-state index is 14.0.